The molecule has 0 aromatic carbocycles. The Hall–Kier alpha value is -2.76. The molecule has 4 aromatic rings. The van der Waals surface area contributed by atoms with E-state index in [-0.39, 0.29) is 0 Å². The summed E-state index contributed by atoms with van der Waals surface area (Å²) in [5.41, 5.74) is 3.53. The number of hydrogen-bond acceptors (Lipinski definition) is 3. The summed E-state index contributed by atoms with van der Waals surface area (Å²) in [6.07, 6.45) is 7.27. The second-order valence-corrected chi connectivity index (χ2v) is 3.99. The minimum atomic E-state index is 0.713. The van der Waals surface area contributed by atoms with Crippen molar-refractivity contribution in [1.29, 1.82) is 0 Å². The Labute approximate surface area is 101 Å². The molecule has 86 valence electrons. The van der Waals surface area contributed by atoms with E-state index >= 15 is 0 Å². The van der Waals surface area contributed by atoms with Crippen molar-refractivity contribution in [3.05, 3.63) is 43.1 Å². The first kappa shape index (κ1) is 9.29. The number of imidazole rings is 2. The van der Waals surface area contributed by atoms with Crippen molar-refractivity contribution in [3.8, 4) is 5.95 Å². The Morgan fingerprint density at radius 1 is 1.11 bits per heavy atom. The third-order valence-electron chi connectivity index (χ3n) is 2.85. The van der Waals surface area contributed by atoms with Crippen molar-refractivity contribution < 1.29 is 4.57 Å². The van der Waals surface area contributed by atoms with Crippen LogP contribution in [0.5, 0.6) is 0 Å². The lowest BCUT2D eigenvalue weighted by Crippen LogP contribution is -2.31. The van der Waals surface area contributed by atoms with Gasteiger partial charge in [0, 0.05) is 6.20 Å². The van der Waals surface area contributed by atoms with Gasteiger partial charge in [0.25, 0.3) is 5.65 Å². The van der Waals surface area contributed by atoms with Crippen LogP contribution >= 0.6 is 0 Å². The smallest absolute Gasteiger partial charge is 0.342 e. The van der Waals surface area contributed by atoms with Gasteiger partial charge in [-0.2, -0.15) is 0 Å². The van der Waals surface area contributed by atoms with Crippen molar-refractivity contribution in [2.45, 2.75) is 0 Å². The van der Waals surface area contributed by atoms with Crippen molar-refractivity contribution in [2.24, 2.45) is 0 Å². The van der Waals surface area contributed by atoms with Gasteiger partial charge in [0.1, 0.15) is 0 Å². The van der Waals surface area contributed by atoms with Crippen LogP contribution in [0.3, 0.4) is 0 Å². The number of fused-ring (bicyclic) bond motifs is 2. The van der Waals surface area contributed by atoms with Gasteiger partial charge in [0.2, 0.25) is 0 Å². The zero-order valence-electron chi connectivity index (χ0n) is 9.33. The van der Waals surface area contributed by atoms with E-state index in [9.17, 15) is 0 Å². The van der Waals surface area contributed by atoms with Crippen molar-refractivity contribution in [2.75, 3.05) is 0 Å². The molecule has 0 amide bonds. The molecule has 0 spiro atoms. The number of pyridine rings is 2. The first-order valence-corrected chi connectivity index (χ1v) is 5.56. The number of aromatic nitrogens is 6. The van der Waals surface area contributed by atoms with Crippen molar-refractivity contribution in [3.63, 3.8) is 0 Å². The lowest BCUT2D eigenvalue weighted by molar-refractivity contribution is -0.601. The minimum absolute atomic E-state index is 0.713. The van der Waals surface area contributed by atoms with Crippen molar-refractivity contribution in [1.82, 2.24) is 24.9 Å². The highest BCUT2D eigenvalue weighted by Crippen LogP contribution is 2.09. The van der Waals surface area contributed by atoms with Gasteiger partial charge in [0.05, 0.1) is 29.8 Å². The summed E-state index contributed by atoms with van der Waals surface area (Å²) in [4.78, 5) is 19.1. The van der Waals surface area contributed by atoms with E-state index in [2.05, 4.69) is 24.9 Å². The van der Waals surface area contributed by atoms with E-state index < -0.39 is 0 Å². The summed E-state index contributed by atoms with van der Waals surface area (Å²) in [6, 6.07) is 5.77. The van der Waals surface area contributed by atoms with Gasteiger partial charge in [-0.15, -0.1) is 0 Å². The number of rotatable bonds is 1. The summed E-state index contributed by atoms with van der Waals surface area (Å²) in [7, 11) is 0. The molecule has 0 saturated heterocycles. The normalized spacial score (nSPS) is 11.3. The summed E-state index contributed by atoms with van der Waals surface area (Å²) in [5.74, 6) is 0.736. The molecule has 0 saturated carbocycles. The van der Waals surface area contributed by atoms with Crippen LogP contribution in [0.4, 0.5) is 0 Å². The van der Waals surface area contributed by atoms with Gasteiger partial charge < -0.3 is 4.98 Å². The Morgan fingerprint density at radius 2 is 2.11 bits per heavy atom. The molecule has 0 fully saturated rings. The van der Waals surface area contributed by atoms with E-state index in [1.807, 2.05) is 35.2 Å². The number of nitrogens with zero attached hydrogens (tertiary/aromatic N) is 4. The van der Waals surface area contributed by atoms with Crippen LogP contribution in [0.25, 0.3) is 28.1 Å². The molecule has 0 bridgehead atoms. The molecule has 0 radical (unpaired) electrons. The first-order chi connectivity index (χ1) is 8.90. The standard InChI is InChI=1S/C12H8N6/c1-2-9-11(13-4-1)17-12(16-9)18-5-3-8-10(6-18)15-7-14-8/h1-7H,(H,13,16,17)/p+1. The maximum atomic E-state index is 4.44. The predicted octanol–water partition coefficient (Wildman–Crippen LogP) is 1.11. The maximum Gasteiger partial charge on any atom is 0.403 e. The molecule has 4 heterocycles. The van der Waals surface area contributed by atoms with Crippen LogP contribution in [0.1, 0.15) is 0 Å². The van der Waals surface area contributed by atoms with Gasteiger partial charge in [-0.3, -0.25) is 0 Å². The second-order valence-electron chi connectivity index (χ2n) is 3.99. The fraction of sp³-hybridized carbons (Fsp3) is 0. The zero-order chi connectivity index (χ0) is 11.9. The van der Waals surface area contributed by atoms with E-state index in [1.165, 1.54) is 0 Å². The predicted molar refractivity (Wildman–Crippen MR) is 65.1 cm³/mol. The SMILES string of the molecule is c1cnc2nc(-[n+]3ccc4nc[nH]c4c3)[nH]c2c1. The van der Waals surface area contributed by atoms with Gasteiger partial charge in [-0.25, -0.2) is 19.5 Å². The Balaban J connectivity index is 1.94. The molecule has 0 atom stereocenters. The second kappa shape index (κ2) is 3.36. The third-order valence-corrected chi connectivity index (χ3v) is 2.85. The van der Waals surface area contributed by atoms with E-state index in [0.717, 1.165) is 22.5 Å². The Kier molecular flexibility index (Phi) is 1.74. The minimum Gasteiger partial charge on any atom is -0.342 e. The topological polar surface area (TPSA) is 74.1 Å². The zero-order valence-corrected chi connectivity index (χ0v) is 9.33. The molecular formula is C12H9N6+. The average Bonchev–Trinajstić information content (AvgIpc) is 3.04. The number of H-pyrrole nitrogens is 2. The highest BCUT2D eigenvalue weighted by atomic mass is 15.2. The van der Waals surface area contributed by atoms with Crippen LogP contribution in [0.2, 0.25) is 0 Å². The summed E-state index contributed by atoms with van der Waals surface area (Å²) in [5, 5.41) is 0. The number of aromatic amines is 2. The Bertz CT molecular complexity index is 811. The molecule has 6 nitrogen and oxygen atoms in total. The maximum absolute atomic E-state index is 4.44. The molecule has 0 aliphatic rings. The number of nitrogens with one attached hydrogen (secondary N) is 2. The average molecular weight is 237 g/mol. The van der Waals surface area contributed by atoms with Crippen LogP contribution in [0, 0.1) is 0 Å². The highest BCUT2D eigenvalue weighted by Gasteiger charge is 2.14. The summed E-state index contributed by atoms with van der Waals surface area (Å²) >= 11 is 0. The van der Waals surface area contributed by atoms with Gasteiger partial charge >= 0.3 is 5.95 Å². The highest BCUT2D eigenvalue weighted by molar-refractivity contribution is 5.72. The molecule has 0 aliphatic carbocycles. The molecule has 2 N–H and O–H groups in total. The molecule has 18 heavy (non-hydrogen) atoms. The van der Waals surface area contributed by atoms with Crippen LogP contribution < -0.4 is 4.57 Å². The van der Waals surface area contributed by atoms with Gasteiger partial charge in [0.15, 0.2) is 5.52 Å². The fourth-order valence-electron chi connectivity index (χ4n) is 1.97. The Morgan fingerprint density at radius 3 is 3.06 bits per heavy atom. The van der Waals surface area contributed by atoms with Crippen LogP contribution in [0.15, 0.2) is 43.1 Å². The molecule has 0 unspecified atom stereocenters. The molecular weight excluding hydrogens is 228 g/mol. The van der Waals surface area contributed by atoms with Crippen molar-refractivity contribution >= 4 is 22.2 Å². The van der Waals surface area contributed by atoms with E-state index in [0.29, 0.717) is 5.65 Å². The van der Waals surface area contributed by atoms with Crippen LogP contribution in [-0.2, 0) is 0 Å². The lowest BCUT2D eigenvalue weighted by Gasteiger charge is -1.93. The summed E-state index contributed by atoms with van der Waals surface area (Å²) < 4.78 is 1.90. The number of hydrogen-bond donors (Lipinski definition) is 2. The third kappa shape index (κ3) is 1.29. The van der Waals surface area contributed by atoms with E-state index in [4.69, 9.17) is 0 Å². The first-order valence-electron chi connectivity index (χ1n) is 5.56. The van der Waals surface area contributed by atoms with Gasteiger partial charge in [-0.1, -0.05) is 0 Å². The molecule has 6 heteroatoms. The molecule has 4 aromatic heterocycles. The molecule has 0 aliphatic heterocycles. The fourth-order valence-corrected chi connectivity index (χ4v) is 1.97. The largest absolute Gasteiger partial charge is 0.403 e. The lowest BCUT2D eigenvalue weighted by atomic mass is 10.4. The van der Waals surface area contributed by atoms with E-state index in [1.54, 1.807) is 12.5 Å². The monoisotopic (exact) mass is 237 g/mol. The van der Waals surface area contributed by atoms with Crippen LogP contribution in [-0.4, -0.2) is 24.9 Å². The quantitative estimate of drug-likeness (QED) is 0.487. The molecule has 4 rings (SSSR count). The van der Waals surface area contributed by atoms with Gasteiger partial charge in [-0.05, 0) is 23.2 Å². The summed E-state index contributed by atoms with van der Waals surface area (Å²) in [6.45, 7) is 0.